The van der Waals surface area contributed by atoms with E-state index in [0.717, 1.165) is 5.56 Å². The van der Waals surface area contributed by atoms with Crippen molar-refractivity contribution in [1.82, 2.24) is 29.4 Å². The molecular weight excluding hydrogens is 339 g/mol. The van der Waals surface area contributed by atoms with Gasteiger partial charge >= 0.3 is 0 Å². The molecule has 1 aromatic carbocycles. The fraction of sp³-hybridized carbons (Fsp3) is 0.235. The molecule has 3 heterocycles. The number of carbonyl (C=O) groups excluding carboxylic acids is 2. The van der Waals surface area contributed by atoms with Gasteiger partial charge in [0, 0.05) is 32.0 Å². The van der Waals surface area contributed by atoms with Crippen LogP contribution >= 0.6 is 0 Å². The standard InChI is InChI=1S/C17H15FN6O2/c18-13-4-2-12(3-5-13)10-22-8-9-23(11-14(22)25)16(26)15-20-17-19-6-1-7-24(17)21-15/h1-7H,8-11H2. The van der Waals surface area contributed by atoms with Crippen LogP contribution in [0.15, 0.2) is 42.7 Å². The number of nitrogens with zero attached hydrogens (tertiary/aromatic N) is 6. The largest absolute Gasteiger partial charge is 0.335 e. The SMILES string of the molecule is O=C1CN(C(=O)c2nc3ncccn3n2)CCN1Cc1ccc(F)cc1. The Hall–Kier alpha value is -3.36. The topological polar surface area (TPSA) is 83.7 Å². The number of hydrogen-bond acceptors (Lipinski definition) is 5. The van der Waals surface area contributed by atoms with Gasteiger partial charge in [0.1, 0.15) is 12.4 Å². The molecule has 26 heavy (non-hydrogen) atoms. The number of amides is 2. The van der Waals surface area contributed by atoms with E-state index in [4.69, 9.17) is 0 Å². The molecule has 132 valence electrons. The fourth-order valence-corrected chi connectivity index (χ4v) is 2.82. The minimum atomic E-state index is -0.398. The highest BCUT2D eigenvalue weighted by atomic mass is 19.1. The van der Waals surface area contributed by atoms with Crippen LogP contribution in [0.5, 0.6) is 0 Å². The first-order valence-electron chi connectivity index (χ1n) is 8.09. The molecule has 3 aromatic rings. The van der Waals surface area contributed by atoms with Crippen LogP contribution in [0.3, 0.4) is 0 Å². The van der Waals surface area contributed by atoms with Crippen molar-refractivity contribution in [3.8, 4) is 0 Å². The number of hydrogen-bond donors (Lipinski definition) is 0. The first-order valence-corrected chi connectivity index (χ1v) is 8.09. The van der Waals surface area contributed by atoms with Crippen LogP contribution in [0.4, 0.5) is 4.39 Å². The Kier molecular flexibility index (Phi) is 4.04. The number of fused-ring (bicyclic) bond motifs is 1. The van der Waals surface area contributed by atoms with E-state index in [0.29, 0.717) is 25.4 Å². The molecule has 1 fully saturated rings. The molecule has 0 bridgehead atoms. The van der Waals surface area contributed by atoms with Crippen molar-refractivity contribution in [3.05, 3.63) is 59.9 Å². The third-order valence-electron chi connectivity index (χ3n) is 4.20. The lowest BCUT2D eigenvalue weighted by molar-refractivity contribution is -0.135. The molecule has 0 unspecified atom stereocenters. The van der Waals surface area contributed by atoms with Crippen molar-refractivity contribution >= 4 is 17.6 Å². The van der Waals surface area contributed by atoms with E-state index in [-0.39, 0.29) is 24.1 Å². The zero-order chi connectivity index (χ0) is 18.1. The Balaban J connectivity index is 1.43. The zero-order valence-corrected chi connectivity index (χ0v) is 13.7. The van der Waals surface area contributed by atoms with Gasteiger partial charge in [0.05, 0.1) is 0 Å². The van der Waals surface area contributed by atoms with Crippen LogP contribution in [0, 0.1) is 5.82 Å². The van der Waals surface area contributed by atoms with E-state index >= 15 is 0 Å². The molecule has 0 N–H and O–H groups in total. The lowest BCUT2D eigenvalue weighted by atomic mass is 10.2. The first kappa shape index (κ1) is 16.1. The minimum absolute atomic E-state index is 0.0171. The van der Waals surface area contributed by atoms with Gasteiger partial charge in [0.2, 0.25) is 11.7 Å². The van der Waals surface area contributed by atoms with E-state index in [1.54, 1.807) is 35.5 Å². The molecule has 2 amide bonds. The van der Waals surface area contributed by atoms with Crippen LogP contribution in [-0.4, -0.2) is 60.8 Å². The molecular formula is C17H15FN6O2. The van der Waals surface area contributed by atoms with Crippen molar-refractivity contribution in [2.24, 2.45) is 0 Å². The van der Waals surface area contributed by atoms with Crippen molar-refractivity contribution in [1.29, 1.82) is 0 Å². The Labute approximate surface area is 147 Å². The molecule has 0 atom stereocenters. The summed E-state index contributed by atoms with van der Waals surface area (Å²) in [5.41, 5.74) is 0.840. The van der Waals surface area contributed by atoms with Gasteiger partial charge in [-0.1, -0.05) is 12.1 Å². The fourth-order valence-electron chi connectivity index (χ4n) is 2.82. The van der Waals surface area contributed by atoms with Gasteiger partial charge < -0.3 is 9.80 Å². The monoisotopic (exact) mass is 354 g/mol. The summed E-state index contributed by atoms with van der Waals surface area (Å²) < 4.78 is 14.4. The van der Waals surface area contributed by atoms with Gasteiger partial charge in [-0.15, -0.1) is 5.10 Å². The highest BCUT2D eigenvalue weighted by Gasteiger charge is 2.29. The molecule has 0 aliphatic carbocycles. The highest BCUT2D eigenvalue weighted by molar-refractivity contribution is 5.94. The highest BCUT2D eigenvalue weighted by Crippen LogP contribution is 2.12. The summed E-state index contributed by atoms with van der Waals surface area (Å²) >= 11 is 0. The van der Waals surface area contributed by atoms with E-state index in [2.05, 4.69) is 15.1 Å². The van der Waals surface area contributed by atoms with Crippen LogP contribution in [0.2, 0.25) is 0 Å². The number of carbonyl (C=O) groups is 2. The maximum Gasteiger partial charge on any atom is 0.294 e. The van der Waals surface area contributed by atoms with Crippen molar-refractivity contribution in [3.63, 3.8) is 0 Å². The number of benzene rings is 1. The average Bonchev–Trinajstić information content (AvgIpc) is 3.08. The smallest absolute Gasteiger partial charge is 0.294 e. The van der Waals surface area contributed by atoms with Crippen LogP contribution in [0.1, 0.15) is 16.2 Å². The first-order chi connectivity index (χ1) is 12.6. The maximum atomic E-state index is 13.0. The quantitative estimate of drug-likeness (QED) is 0.693. The summed E-state index contributed by atoms with van der Waals surface area (Å²) in [5.74, 6) is -0.536. The molecule has 4 rings (SSSR count). The summed E-state index contributed by atoms with van der Waals surface area (Å²) in [5, 5.41) is 4.10. The average molecular weight is 354 g/mol. The van der Waals surface area contributed by atoms with E-state index in [9.17, 15) is 14.0 Å². The summed E-state index contributed by atoms with van der Waals surface area (Å²) in [4.78, 5) is 36.1. The second-order valence-corrected chi connectivity index (χ2v) is 5.97. The van der Waals surface area contributed by atoms with E-state index in [1.165, 1.54) is 21.5 Å². The van der Waals surface area contributed by atoms with Gasteiger partial charge in [-0.05, 0) is 23.8 Å². The second kappa shape index (κ2) is 6.51. The third kappa shape index (κ3) is 3.10. The lowest BCUT2D eigenvalue weighted by Gasteiger charge is -2.33. The predicted molar refractivity (Wildman–Crippen MR) is 88.5 cm³/mol. The van der Waals surface area contributed by atoms with Gasteiger partial charge in [0.25, 0.3) is 11.7 Å². The molecule has 2 aromatic heterocycles. The Morgan fingerprint density at radius 1 is 1.19 bits per heavy atom. The van der Waals surface area contributed by atoms with Crippen molar-refractivity contribution in [2.45, 2.75) is 6.54 Å². The molecule has 1 saturated heterocycles. The maximum absolute atomic E-state index is 13.0. The van der Waals surface area contributed by atoms with E-state index < -0.39 is 5.91 Å². The minimum Gasteiger partial charge on any atom is -0.335 e. The molecule has 9 heteroatoms. The molecule has 0 spiro atoms. The van der Waals surface area contributed by atoms with Crippen LogP contribution < -0.4 is 0 Å². The molecule has 0 radical (unpaired) electrons. The molecule has 1 aliphatic rings. The van der Waals surface area contributed by atoms with Crippen molar-refractivity contribution in [2.75, 3.05) is 19.6 Å². The summed E-state index contributed by atoms with van der Waals surface area (Å²) in [6.45, 7) is 1.13. The third-order valence-corrected chi connectivity index (χ3v) is 4.20. The number of rotatable bonds is 3. The Morgan fingerprint density at radius 2 is 2.00 bits per heavy atom. The summed E-state index contributed by atoms with van der Waals surface area (Å²) in [6.07, 6.45) is 3.22. The molecule has 0 saturated carbocycles. The Morgan fingerprint density at radius 3 is 2.73 bits per heavy atom. The van der Waals surface area contributed by atoms with Crippen LogP contribution in [0.25, 0.3) is 5.78 Å². The second-order valence-electron chi connectivity index (χ2n) is 5.97. The van der Waals surface area contributed by atoms with Gasteiger partial charge in [0.15, 0.2) is 0 Å². The molecule has 8 nitrogen and oxygen atoms in total. The molecule has 1 aliphatic heterocycles. The number of piperazine rings is 1. The van der Waals surface area contributed by atoms with E-state index in [1.807, 2.05) is 0 Å². The Bertz CT molecular complexity index is 938. The van der Waals surface area contributed by atoms with Gasteiger partial charge in [-0.3, -0.25) is 9.59 Å². The van der Waals surface area contributed by atoms with Gasteiger partial charge in [-0.2, -0.15) is 4.98 Å². The number of halogens is 1. The zero-order valence-electron chi connectivity index (χ0n) is 13.7. The summed E-state index contributed by atoms with van der Waals surface area (Å²) in [6, 6.07) is 7.71. The normalized spacial score (nSPS) is 14.9. The lowest BCUT2D eigenvalue weighted by Crippen LogP contribution is -2.52. The van der Waals surface area contributed by atoms with Crippen molar-refractivity contribution < 1.29 is 14.0 Å². The summed E-state index contributed by atoms with van der Waals surface area (Å²) in [7, 11) is 0. The van der Waals surface area contributed by atoms with Gasteiger partial charge in [-0.25, -0.2) is 13.9 Å². The number of aromatic nitrogens is 4. The predicted octanol–water partition coefficient (Wildman–Crippen LogP) is 0.748. The van der Waals surface area contributed by atoms with Crippen LogP contribution in [-0.2, 0) is 11.3 Å².